The third-order valence-corrected chi connectivity index (χ3v) is 4.29. The summed E-state index contributed by atoms with van der Waals surface area (Å²) in [4.78, 5) is 44.1. The number of pyridine rings is 1. The first kappa shape index (κ1) is 26.9. The highest BCUT2D eigenvalue weighted by atomic mass is 16.7. The Kier molecular flexibility index (Phi) is 8.86. The summed E-state index contributed by atoms with van der Waals surface area (Å²) in [5, 5.41) is 0.837. The van der Waals surface area contributed by atoms with Gasteiger partial charge in [0.2, 0.25) is 0 Å². The predicted octanol–water partition coefficient (Wildman–Crippen LogP) is 3.94. The van der Waals surface area contributed by atoms with Crippen LogP contribution >= 0.6 is 0 Å². The van der Waals surface area contributed by atoms with E-state index in [-0.39, 0.29) is 6.54 Å². The number of hydroxylamine groups is 2. The van der Waals surface area contributed by atoms with Gasteiger partial charge >= 0.3 is 12.1 Å². The van der Waals surface area contributed by atoms with Crippen LogP contribution < -0.4 is 10.3 Å². The summed E-state index contributed by atoms with van der Waals surface area (Å²) in [6, 6.07) is 11.2. The molecular weight excluding hydrogens is 440 g/mol. The number of amides is 1. The molecule has 0 radical (unpaired) electrons. The molecule has 0 saturated carbocycles. The van der Waals surface area contributed by atoms with Crippen LogP contribution in [0.3, 0.4) is 0 Å². The van der Waals surface area contributed by atoms with Gasteiger partial charge in [0.25, 0.3) is 5.56 Å². The Labute approximate surface area is 200 Å². The minimum absolute atomic E-state index is 0.209. The minimum Gasteiger partial charge on any atom is -0.489 e. The SMILES string of the molecule is COC(=O)C(Cn1ccc(OCc2ccccc2)cc1=O)N(OC(C)(C)C)C(=O)OC(C)(C)C. The second kappa shape index (κ2) is 11.2. The zero-order valence-electron chi connectivity index (χ0n) is 20.9. The first-order valence-corrected chi connectivity index (χ1v) is 11.0. The highest BCUT2D eigenvalue weighted by Crippen LogP contribution is 2.20. The van der Waals surface area contributed by atoms with E-state index < -0.39 is 34.9 Å². The zero-order chi connectivity index (χ0) is 25.5. The van der Waals surface area contributed by atoms with Crippen molar-refractivity contribution >= 4 is 12.1 Å². The first-order chi connectivity index (χ1) is 15.8. The molecule has 2 rings (SSSR count). The van der Waals surface area contributed by atoms with Crippen LogP contribution in [0.5, 0.6) is 5.75 Å². The first-order valence-electron chi connectivity index (χ1n) is 11.0. The van der Waals surface area contributed by atoms with Crippen molar-refractivity contribution in [2.75, 3.05) is 7.11 Å². The van der Waals surface area contributed by atoms with E-state index in [4.69, 9.17) is 19.0 Å². The lowest BCUT2D eigenvalue weighted by molar-refractivity contribution is -0.235. The number of benzene rings is 1. The van der Waals surface area contributed by atoms with Crippen molar-refractivity contribution in [3.05, 3.63) is 64.6 Å². The van der Waals surface area contributed by atoms with Gasteiger partial charge in [-0.1, -0.05) is 30.3 Å². The van der Waals surface area contributed by atoms with Crippen molar-refractivity contribution in [3.8, 4) is 5.75 Å². The van der Waals surface area contributed by atoms with Gasteiger partial charge in [0.05, 0.1) is 19.3 Å². The second-order valence-electron chi connectivity index (χ2n) is 9.68. The summed E-state index contributed by atoms with van der Waals surface area (Å²) < 4.78 is 17.3. The van der Waals surface area contributed by atoms with Gasteiger partial charge in [-0.05, 0) is 53.2 Å². The van der Waals surface area contributed by atoms with Gasteiger partial charge in [-0.2, -0.15) is 5.06 Å². The lowest BCUT2D eigenvalue weighted by atomic mass is 10.2. The molecule has 1 atom stereocenters. The number of ether oxygens (including phenoxy) is 3. The maximum Gasteiger partial charge on any atom is 0.435 e. The molecule has 0 aliphatic carbocycles. The van der Waals surface area contributed by atoms with Gasteiger partial charge in [-0.25, -0.2) is 9.59 Å². The van der Waals surface area contributed by atoms with Crippen LogP contribution in [0, 0.1) is 0 Å². The van der Waals surface area contributed by atoms with Crippen LogP contribution in [0.4, 0.5) is 4.79 Å². The van der Waals surface area contributed by atoms with E-state index in [2.05, 4.69) is 0 Å². The molecular formula is C25H34N2O7. The number of esters is 1. The van der Waals surface area contributed by atoms with Gasteiger partial charge in [0.1, 0.15) is 18.0 Å². The van der Waals surface area contributed by atoms with E-state index in [0.29, 0.717) is 12.4 Å². The number of hydrogen-bond donors (Lipinski definition) is 0. The topological polar surface area (TPSA) is 96.3 Å². The average molecular weight is 475 g/mol. The third kappa shape index (κ3) is 8.55. The van der Waals surface area contributed by atoms with Crippen LogP contribution in [-0.4, -0.2) is 46.0 Å². The molecule has 0 spiro atoms. The second-order valence-corrected chi connectivity index (χ2v) is 9.68. The van der Waals surface area contributed by atoms with E-state index in [1.165, 1.54) is 23.9 Å². The molecule has 186 valence electrons. The molecule has 0 bridgehead atoms. The molecule has 0 N–H and O–H groups in total. The van der Waals surface area contributed by atoms with Crippen molar-refractivity contribution < 1.29 is 28.6 Å². The van der Waals surface area contributed by atoms with Crippen molar-refractivity contribution in [2.24, 2.45) is 0 Å². The fourth-order valence-corrected chi connectivity index (χ4v) is 2.87. The Morgan fingerprint density at radius 1 is 1.00 bits per heavy atom. The van der Waals surface area contributed by atoms with Gasteiger partial charge < -0.3 is 18.8 Å². The van der Waals surface area contributed by atoms with E-state index >= 15 is 0 Å². The number of rotatable bonds is 8. The quantitative estimate of drug-likeness (QED) is 0.422. The Morgan fingerprint density at radius 3 is 2.18 bits per heavy atom. The van der Waals surface area contributed by atoms with E-state index in [1.807, 2.05) is 30.3 Å². The van der Waals surface area contributed by atoms with E-state index in [0.717, 1.165) is 10.6 Å². The fourth-order valence-electron chi connectivity index (χ4n) is 2.87. The van der Waals surface area contributed by atoms with Gasteiger partial charge in [-0.15, -0.1) is 0 Å². The van der Waals surface area contributed by atoms with Gasteiger partial charge in [0.15, 0.2) is 6.04 Å². The van der Waals surface area contributed by atoms with Crippen molar-refractivity contribution in [1.29, 1.82) is 0 Å². The molecule has 9 nitrogen and oxygen atoms in total. The molecule has 0 fully saturated rings. The number of carbonyl (C=O) groups excluding carboxylic acids is 2. The van der Waals surface area contributed by atoms with Crippen LogP contribution in [0.25, 0.3) is 0 Å². The van der Waals surface area contributed by atoms with E-state index in [9.17, 15) is 14.4 Å². The molecule has 2 aromatic rings. The maximum atomic E-state index is 12.9. The highest BCUT2D eigenvalue weighted by molar-refractivity contribution is 5.80. The number of nitrogens with zero attached hydrogens (tertiary/aromatic N) is 2. The van der Waals surface area contributed by atoms with Crippen molar-refractivity contribution in [1.82, 2.24) is 9.63 Å². The molecule has 0 saturated heterocycles. The molecule has 1 heterocycles. The maximum absolute atomic E-state index is 12.9. The summed E-state index contributed by atoms with van der Waals surface area (Å²) in [5.41, 5.74) is -1.11. The van der Waals surface area contributed by atoms with Crippen molar-refractivity contribution in [2.45, 2.75) is 71.9 Å². The summed E-state index contributed by atoms with van der Waals surface area (Å²) in [7, 11) is 1.20. The molecule has 1 unspecified atom stereocenters. The Morgan fingerprint density at radius 2 is 1.65 bits per heavy atom. The number of methoxy groups -OCH3 is 1. The Hall–Kier alpha value is -3.33. The van der Waals surface area contributed by atoms with Crippen LogP contribution in [-0.2, 0) is 32.3 Å². The molecule has 1 aromatic carbocycles. The highest BCUT2D eigenvalue weighted by Gasteiger charge is 2.38. The van der Waals surface area contributed by atoms with Crippen molar-refractivity contribution in [3.63, 3.8) is 0 Å². The average Bonchev–Trinajstić information content (AvgIpc) is 2.74. The summed E-state index contributed by atoms with van der Waals surface area (Å²) in [6.45, 7) is 10.4. The van der Waals surface area contributed by atoms with Gasteiger partial charge in [0, 0.05) is 12.3 Å². The number of carbonyl (C=O) groups is 2. The monoisotopic (exact) mass is 474 g/mol. The number of hydrogen-bond acceptors (Lipinski definition) is 7. The van der Waals surface area contributed by atoms with Crippen LogP contribution in [0.2, 0.25) is 0 Å². The lowest BCUT2D eigenvalue weighted by Crippen LogP contribution is -2.52. The molecule has 9 heteroatoms. The predicted molar refractivity (Wildman–Crippen MR) is 126 cm³/mol. The zero-order valence-corrected chi connectivity index (χ0v) is 20.9. The fraction of sp³-hybridized carbons (Fsp3) is 0.480. The van der Waals surface area contributed by atoms with Crippen LogP contribution in [0.15, 0.2) is 53.5 Å². The Bertz CT molecular complexity index is 1020. The third-order valence-electron chi connectivity index (χ3n) is 4.29. The molecule has 0 aliphatic rings. The lowest BCUT2D eigenvalue weighted by Gasteiger charge is -2.35. The summed E-state index contributed by atoms with van der Waals surface area (Å²) in [5.74, 6) is -0.374. The summed E-state index contributed by atoms with van der Waals surface area (Å²) >= 11 is 0. The molecule has 0 aliphatic heterocycles. The largest absolute Gasteiger partial charge is 0.489 e. The normalized spacial score (nSPS) is 12.6. The minimum atomic E-state index is -1.27. The summed E-state index contributed by atoms with van der Waals surface area (Å²) in [6.07, 6.45) is 0.622. The van der Waals surface area contributed by atoms with E-state index in [1.54, 1.807) is 47.6 Å². The number of aromatic nitrogens is 1. The standard InChI is InChI=1S/C25H34N2O7/c1-24(2,3)33-23(30)27(34-25(4,5)6)20(22(29)31-7)16-26-14-13-19(15-21(26)28)32-17-18-11-9-8-10-12-18/h8-15,20H,16-17H2,1-7H3. The Balaban J connectivity index is 2.28. The van der Waals surface area contributed by atoms with Gasteiger partial charge in [-0.3, -0.25) is 9.63 Å². The van der Waals surface area contributed by atoms with Crippen LogP contribution in [0.1, 0.15) is 47.1 Å². The molecule has 1 amide bonds. The molecule has 34 heavy (non-hydrogen) atoms. The molecule has 1 aromatic heterocycles. The smallest absolute Gasteiger partial charge is 0.435 e.